The molecule has 0 amide bonds. The van der Waals surface area contributed by atoms with Crippen LogP contribution in [0.2, 0.25) is 0 Å². The van der Waals surface area contributed by atoms with Crippen molar-refractivity contribution in [3.05, 3.63) is 70.8 Å². The molecule has 1 unspecified atom stereocenters. The molecule has 104 valence electrons. The highest BCUT2D eigenvalue weighted by molar-refractivity contribution is 6.00. The van der Waals surface area contributed by atoms with Crippen LogP contribution in [0.4, 0.5) is 0 Å². The fourth-order valence-corrected chi connectivity index (χ4v) is 2.16. The lowest BCUT2D eigenvalue weighted by Gasteiger charge is -2.17. The summed E-state index contributed by atoms with van der Waals surface area (Å²) in [7, 11) is 0. The summed E-state index contributed by atoms with van der Waals surface area (Å²) in [5, 5.41) is 0. The number of rotatable bonds is 5. The number of carbonyl (C=O) groups excluding carboxylic acids is 1. The highest BCUT2D eigenvalue weighted by atomic mass is 16.5. The summed E-state index contributed by atoms with van der Waals surface area (Å²) in [5.74, 6) is 0.0150. The maximum Gasteiger partial charge on any atom is 0.196 e. The van der Waals surface area contributed by atoms with E-state index >= 15 is 0 Å². The van der Waals surface area contributed by atoms with Crippen molar-refractivity contribution in [2.24, 2.45) is 0 Å². The topological polar surface area (TPSA) is 26.3 Å². The number of ether oxygens (including phenoxy) is 1. The molecule has 2 rings (SSSR count). The number of carbonyl (C=O) groups is 1. The summed E-state index contributed by atoms with van der Waals surface area (Å²) < 4.78 is 5.66. The van der Waals surface area contributed by atoms with E-state index in [9.17, 15) is 4.79 Å². The van der Waals surface area contributed by atoms with Gasteiger partial charge in [-0.05, 0) is 43.5 Å². The number of ketones is 1. The van der Waals surface area contributed by atoms with E-state index in [1.165, 1.54) is 5.56 Å². The molecule has 0 spiro atoms. The molecule has 20 heavy (non-hydrogen) atoms. The van der Waals surface area contributed by atoms with Crippen LogP contribution < -0.4 is 0 Å². The highest BCUT2D eigenvalue weighted by Gasteiger charge is 2.22. The van der Waals surface area contributed by atoms with E-state index in [-0.39, 0.29) is 5.78 Å². The molecule has 2 nitrogen and oxygen atoms in total. The number of benzene rings is 2. The minimum absolute atomic E-state index is 0.0150. The lowest BCUT2D eigenvalue weighted by Crippen LogP contribution is -2.16. The molecule has 2 heteroatoms. The predicted molar refractivity (Wildman–Crippen MR) is 81.1 cm³/mol. The molecule has 0 fully saturated rings. The first-order valence-corrected chi connectivity index (χ1v) is 6.91. The maximum atomic E-state index is 12.7. The first kappa shape index (κ1) is 14.5. The van der Waals surface area contributed by atoms with Gasteiger partial charge in [-0.2, -0.15) is 0 Å². The second-order valence-corrected chi connectivity index (χ2v) is 4.91. The third-order valence-corrected chi connectivity index (χ3v) is 3.47. The summed E-state index contributed by atoms with van der Waals surface area (Å²) in [5.41, 5.74) is 3.92. The van der Waals surface area contributed by atoms with Gasteiger partial charge in [0.05, 0.1) is 0 Å². The SMILES string of the molecule is CCOC(C(=O)c1ccc(C)c(C)c1)c1ccccc1. The van der Waals surface area contributed by atoms with E-state index in [4.69, 9.17) is 4.74 Å². The van der Waals surface area contributed by atoms with E-state index in [0.29, 0.717) is 12.2 Å². The van der Waals surface area contributed by atoms with Crippen LogP contribution in [0.15, 0.2) is 48.5 Å². The van der Waals surface area contributed by atoms with E-state index in [1.54, 1.807) is 0 Å². The van der Waals surface area contributed by atoms with E-state index in [0.717, 1.165) is 11.1 Å². The smallest absolute Gasteiger partial charge is 0.196 e. The van der Waals surface area contributed by atoms with Gasteiger partial charge >= 0.3 is 0 Å². The van der Waals surface area contributed by atoms with Gasteiger partial charge in [-0.1, -0.05) is 42.5 Å². The first-order chi connectivity index (χ1) is 9.63. The number of Topliss-reactive ketones (excluding diaryl/α,β-unsaturated/α-hetero) is 1. The normalized spacial score (nSPS) is 12.2. The molecular weight excluding hydrogens is 248 g/mol. The van der Waals surface area contributed by atoms with Crippen LogP contribution >= 0.6 is 0 Å². The van der Waals surface area contributed by atoms with Gasteiger partial charge in [0.15, 0.2) is 5.78 Å². The van der Waals surface area contributed by atoms with Gasteiger partial charge in [0.1, 0.15) is 6.10 Å². The molecule has 0 radical (unpaired) electrons. The van der Waals surface area contributed by atoms with Crippen LogP contribution in [0.5, 0.6) is 0 Å². The van der Waals surface area contributed by atoms with Gasteiger partial charge in [-0.25, -0.2) is 0 Å². The standard InChI is InChI=1S/C18H20O2/c1-4-20-18(15-8-6-5-7-9-15)17(19)16-11-10-13(2)14(3)12-16/h5-12,18H,4H2,1-3H3. The Morgan fingerprint density at radius 3 is 2.35 bits per heavy atom. The molecule has 0 N–H and O–H groups in total. The lowest BCUT2D eigenvalue weighted by molar-refractivity contribution is 0.0452. The number of aryl methyl sites for hydroxylation is 2. The van der Waals surface area contributed by atoms with Crippen molar-refractivity contribution in [2.45, 2.75) is 26.9 Å². The molecule has 0 bridgehead atoms. The zero-order valence-electron chi connectivity index (χ0n) is 12.2. The van der Waals surface area contributed by atoms with E-state index in [1.807, 2.05) is 69.3 Å². The van der Waals surface area contributed by atoms with Gasteiger partial charge in [0, 0.05) is 12.2 Å². The highest BCUT2D eigenvalue weighted by Crippen LogP contribution is 2.23. The zero-order valence-corrected chi connectivity index (χ0v) is 12.2. The monoisotopic (exact) mass is 268 g/mol. The molecule has 0 heterocycles. The Labute approximate surface area is 120 Å². The van der Waals surface area contributed by atoms with Gasteiger partial charge in [-0.3, -0.25) is 4.79 Å². The third-order valence-electron chi connectivity index (χ3n) is 3.47. The van der Waals surface area contributed by atoms with Crippen LogP contribution in [-0.2, 0) is 4.74 Å². The largest absolute Gasteiger partial charge is 0.366 e. The summed E-state index contributed by atoms with van der Waals surface area (Å²) in [4.78, 5) is 12.7. The van der Waals surface area contributed by atoms with Crippen molar-refractivity contribution in [2.75, 3.05) is 6.61 Å². The summed E-state index contributed by atoms with van der Waals surface area (Å²) in [6, 6.07) is 15.4. The Morgan fingerprint density at radius 2 is 1.75 bits per heavy atom. The van der Waals surface area contributed by atoms with E-state index in [2.05, 4.69) is 0 Å². The summed E-state index contributed by atoms with van der Waals surface area (Å²) in [6.07, 6.45) is -0.525. The van der Waals surface area contributed by atoms with Crippen molar-refractivity contribution in [3.8, 4) is 0 Å². The predicted octanol–water partition coefficient (Wildman–Crippen LogP) is 4.26. The van der Waals surface area contributed by atoms with Crippen molar-refractivity contribution in [1.82, 2.24) is 0 Å². The van der Waals surface area contributed by atoms with Crippen molar-refractivity contribution >= 4 is 5.78 Å². The second kappa shape index (κ2) is 6.49. The maximum absolute atomic E-state index is 12.7. The fourth-order valence-electron chi connectivity index (χ4n) is 2.16. The fraction of sp³-hybridized carbons (Fsp3) is 0.278. The van der Waals surface area contributed by atoms with Crippen LogP contribution in [0, 0.1) is 13.8 Å². The van der Waals surface area contributed by atoms with E-state index < -0.39 is 6.10 Å². The quantitative estimate of drug-likeness (QED) is 0.757. The molecule has 0 aromatic heterocycles. The number of hydrogen-bond acceptors (Lipinski definition) is 2. The Balaban J connectivity index is 2.34. The minimum Gasteiger partial charge on any atom is -0.366 e. The first-order valence-electron chi connectivity index (χ1n) is 6.91. The Morgan fingerprint density at radius 1 is 1.05 bits per heavy atom. The molecule has 0 aliphatic carbocycles. The third kappa shape index (κ3) is 3.14. The molecule has 0 aliphatic rings. The Bertz CT molecular complexity index is 588. The molecule has 2 aromatic carbocycles. The molecule has 1 atom stereocenters. The number of hydrogen-bond donors (Lipinski definition) is 0. The van der Waals surface area contributed by atoms with Gasteiger partial charge in [0.25, 0.3) is 0 Å². The molecule has 0 aliphatic heterocycles. The van der Waals surface area contributed by atoms with Crippen molar-refractivity contribution in [1.29, 1.82) is 0 Å². The van der Waals surface area contributed by atoms with Crippen molar-refractivity contribution in [3.63, 3.8) is 0 Å². The Hall–Kier alpha value is -1.93. The summed E-state index contributed by atoms with van der Waals surface area (Å²) in [6.45, 7) is 6.48. The van der Waals surface area contributed by atoms with Crippen LogP contribution in [-0.4, -0.2) is 12.4 Å². The van der Waals surface area contributed by atoms with Gasteiger partial charge in [0.2, 0.25) is 0 Å². The van der Waals surface area contributed by atoms with Gasteiger partial charge < -0.3 is 4.74 Å². The van der Waals surface area contributed by atoms with Crippen LogP contribution in [0.25, 0.3) is 0 Å². The molecular formula is C18H20O2. The Kier molecular flexibility index (Phi) is 4.70. The zero-order chi connectivity index (χ0) is 14.5. The molecule has 0 saturated heterocycles. The minimum atomic E-state index is -0.525. The molecule has 2 aromatic rings. The molecule has 0 saturated carbocycles. The lowest BCUT2D eigenvalue weighted by atomic mass is 9.97. The average Bonchev–Trinajstić information content (AvgIpc) is 2.48. The average molecular weight is 268 g/mol. The van der Waals surface area contributed by atoms with Gasteiger partial charge in [-0.15, -0.1) is 0 Å². The summed E-state index contributed by atoms with van der Waals surface area (Å²) >= 11 is 0. The second-order valence-electron chi connectivity index (χ2n) is 4.91. The van der Waals surface area contributed by atoms with Crippen molar-refractivity contribution < 1.29 is 9.53 Å². The van der Waals surface area contributed by atoms with Crippen LogP contribution in [0.3, 0.4) is 0 Å². The van der Waals surface area contributed by atoms with Crippen LogP contribution in [0.1, 0.15) is 40.1 Å².